The molecular weight excluding hydrogens is 222 g/mol. The molecule has 2 N–H and O–H groups in total. The van der Waals surface area contributed by atoms with Crippen molar-refractivity contribution in [3.63, 3.8) is 0 Å². The summed E-state index contributed by atoms with van der Waals surface area (Å²) in [5.74, 6) is 1.04. The quantitative estimate of drug-likeness (QED) is 0.670. The van der Waals surface area contributed by atoms with Gasteiger partial charge in [-0.15, -0.1) is 0 Å². The molecule has 0 bridgehead atoms. The second-order valence-corrected chi connectivity index (χ2v) is 5.04. The average molecular weight is 250 g/mol. The molecule has 0 saturated carbocycles. The van der Waals surface area contributed by atoms with Crippen LogP contribution in [-0.4, -0.2) is 19.7 Å². The SMILES string of the molecule is CCCC[NH2+]CCCCOc1ccc(C)cc1C. The van der Waals surface area contributed by atoms with Crippen molar-refractivity contribution in [2.75, 3.05) is 19.7 Å². The second kappa shape index (κ2) is 8.98. The summed E-state index contributed by atoms with van der Waals surface area (Å²) in [6.45, 7) is 9.81. The molecule has 18 heavy (non-hydrogen) atoms. The van der Waals surface area contributed by atoms with Crippen LogP contribution in [0.1, 0.15) is 43.7 Å². The van der Waals surface area contributed by atoms with E-state index < -0.39 is 0 Å². The van der Waals surface area contributed by atoms with E-state index in [0.29, 0.717) is 0 Å². The number of rotatable bonds is 9. The Morgan fingerprint density at radius 3 is 2.56 bits per heavy atom. The van der Waals surface area contributed by atoms with Crippen LogP contribution in [0.3, 0.4) is 0 Å². The van der Waals surface area contributed by atoms with Gasteiger partial charge in [-0.3, -0.25) is 0 Å². The third-order valence-corrected chi connectivity index (χ3v) is 3.15. The molecule has 0 aliphatic carbocycles. The van der Waals surface area contributed by atoms with Gasteiger partial charge < -0.3 is 10.1 Å². The van der Waals surface area contributed by atoms with Gasteiger partial charge in [0, 0.05) is 0 Å². The van der Waals surface area contributed by atoms with Crippen molar-refractivity contribution in [2.24, 2.45) is 0 Å². The van der Waals surface area contributed by atoms with Crippen LogP contribution in [0.25, 0.3) is 0 Å². The minimum atomic E-state index is 0.839. The molecule has 0 heterocycles. The Hall–Kier alpha value is -1.02. The largest absolute Gasteiger partial charge is 0.493 e. The van der Waals surface area contributed by atoms with Crippen molar-refractivity contribution in [2.45, 2.75) is 46.5 Å². The monoisotopic (exact) mass is 250 g/mol. The third kappa shape index (κ3) is 6.06. The van der Waals surface area contributed by atoms with Gasteiger partial charge in [-0.05, 0) is 44.7 Å². The first-order valence-electron chi connectivity index (χ1n) is 7.25. The highest BCUT2D eigenvalue weighted by Gasteiger charge is 1.99. The fourth-order valence-corrected chi connectivity index (χ4v) is 2.03. The van der Waals surface area contributed by atoms with E-state index in [-0.39, 0.29) is 0 Å². The van der Waals surface area contributed by atoms with E-state index in [4.69, 9.17) is 4.74 Å². The van der Waals surface area contributed by atoms with Crippen LogP contribution in [0.2, 0.25) is 0 Å². The van der Waals surface area contributed by atoms with E-state index in [2.05, 4.69) is 44.3 Å². The molecule has 0 aromatic heterocycles. The summed E-state index contributed by atoms with van der Waals surface area (Å²) >= 11 is 0. The lowest BCUT2D eigenvalue weighted by Crippen LogP contribution is -2.84. The normalized spacial score (nSPS) is 10.6. The van der Waals surface area contributed by atoms with E-state index in [1.54, 1.807) is 0 Å². The smallest absolute Gasteiger partial charge is 0.122 e. The number of benzene rings is 1. The molecule has 0 fully saturated rings. The van der Waals surface area contributed by atoms with Gasteiger partial charge in [-0.2, -0.15) is 0 Å². The zero-order valence-electron chi connectivity index (χ0n) is 12.2. The highest BCUT2D eigenvalue weighted by molar-refractivity contribution is 5.35. The summed E-state index contributed by atoms with van der Waals surface area (Å²) in [6.07, 6.45) is 5.02. The minimum absolute atomic E-state index is 0.839. The molecule has 0 aliphatic heterocycles. The first kappa shape index (κ1) is 15.0. The molecule has 1 aromatic rings. The van der Waals surface area contributed by atoms with Crippen molar-refractivity contribution >= 4 is 0 Å². The molecule has 0 unspecified atom stereocenters. The molecule has 0 aliphatic rings. The number of ether oxygens (including phenoxy) is 1. The molecule has 0 amide bonds. The first-order valence-corrected chi connectivity index (χ1v) is 7.25. The van der Waals surface area contributed by atoms with Crippen molar-refractivity contribution < 1.29 is 10.1 Å². The molecule has 0 radical (unpaired) electrons. The fourth-order valence-electron chi connectivity index (χ4n) is 2.03. The standard InChI is InChI=1S/C16H27NO/c1-4-5-10-17-11-6-7-12-18-16-9-8-14(2)13-15(16)3/h8-9,13,17H,4-7,10-12H2,1-3H3/p+1. The molecule has 0 atom stereocenters. The van der Waals surface area contributed by atoms with E-state index >= 15 is 0 Å². The van der Waals surface area contributed by atoms with Gasteiger partial charge in [0.15, 0.2) is 0 Å². The first-order chi connectivity index (χ1) is 8.74. The summed E-state index contributed by atoms with van der Waals surface area (Å²) in [5.41, 5.74) is 2.54. The lowest BCUT2D eigenvalue weighted by Gasteiger charge is -2.09. The number of hydrogen-bond donors (Lipinski definition) is 1. The Labute approximate surface area is 112 Å². The van der Waals surface area contributed by atoms with Gasteiger partial charge in [0.2, 0.25) is 0 Å². The summed E-state index contributed by atoms with van der Waals surface area (Å²) in [4.78, 5) is 0. The molecule has 1 rings (SSSR count). The molecule has 0 spiro atoms. The summed E-state index contributed by atoms with van der Waals surface area (Å²) < 4.78 is 5.81. The molecule has 1 aromatic carbocycles. The van der Waals surface area contributed by atoms with Crippen LogP contribution in [0.4, 0.5) is 0 Å². The third-order valence-electron chi connectivity index (χ3n) is 3.15. The summed E-state index contributed by atoms with van der Waals surface area (Å²) in [6, 6.07) is 6.37. The molecule has 2 nitrogen and oxygen atoms in total. The van der Waals surface area contributed by atoms with E-state index in [1.165, 1.54) is 43.5 Å². The number of quaternary nitrogens is 1. The summed E-state index contributed by atoms with van der Waals surface area (Å²) in [7, 11) is 0. The molecule has 102 valence electrons. The maximum absolute atomic E-state index is 5.81. The lowest BCUT2D eigenvalue weighted by molar-refractivity contribution is -0.655. The number of nitrogens with two attached hydrogens (primary N) is 1. The lowest BCUT2D eigenvalue weighted by atomic mass is 10.1. The maximum atomic E-state index is 5.81. The zero-order chi connectivity index (χ0) is 13.2. The Morgan fingerprint density at radius 2 is 1.83 bits per heavy atom. The van der Waals surface area contributed by atoms with Crippen molar-refractivity contribution in [3.05, 3.63) is 29.3 Å². The maximum Gasteiger partial charge on any atom is 0.122 e. The average Bonchev–Trinajstić information content (AvgIpc) is 2.35. The Morgan fingerprint density at radius 1 is 1.06 bits per heavy atom. The van der Waals surface area contributed by atoms with Gasteiger partial charge >= 0.3 is 0 Å². The number of aryl methyl sites for hydroxylation is 2. The molecular formula is C16H28NO+. The Bertz CT molecular complexity index is 336. The van der Waals surface area contributed by atoms with Gasteiger partial charge in [0.1, 0.15) is 5.75 Å². The van der Waals surface area contributed by atoms with Crippen LogP contribution >= 0.6 is 0 Å². The summed E-state index contributed by atoms with van der Waals surface area (Å²) in [5, 5.41) is 2.42. The predicted molar refractivity (Wildman–Crippen MR) is 77.2 cm³/mol. The van der Waals surface area contributed by atoms with Crippen LogP contribution in [0.15, 0.2) is 18.2 Å². The molecule has 0 saturated heterocycles. The van der Waals surface area contributed by atoms with Crippen LogP contribution < -0.4 is 10.1 Å². The van der Waals surface area contributed by atoms with E-state index in [0.717, 1.165) is 18.8 Å². The number of hydrogen-bond acceptors (Lipinski definition) is 1. The van der Waals surface area contributed by atoms with E-state index in [1.807, 2.05) is 0 Å². The predicted octanol–water partition coefficient (Wildman–Crippen LogP) is 2.83. The Balaban J connectivity index is 2.07. The van der Waals surface area contributed by atoms with Gasteiger partial charge in [-0.1, -0.05) is 31.0 Å². The van der Waals surface area contributed by atoms with E-state index in [9.17, 15) is 0 Å². The van der Waals surface area contributed by atoms with Crippen molar-refractivity contribution in [1.29, 1.82) is 0 Å². The highest BCUT2D eigenvalue weighted by atomic mass is 16.5. The van der Waals surface area contributed by atoms with Gasteiger partial charge in [0.05, 0.1) is 19.7 Å². The Kier molecular flexibility index (Phi) is 7.51. The van der Waals surface area contributed by atoms with Crippen molar-refractivity contribution in [3.8, 4) is 5.75 Å². The van der Waals surface area contributed by atoms with Crippen LogP contribution in [-0.2, 0) is 0 Å². The fraction of sp³-hybridized carbons (Fsp3) is 0.625. The minimum Gasteiger partial charge on any atom is -0.493 e. The van der Waals surface area contributed by atoms with Crippen LogP contribution in [0.5, 0.6) is 5.75 Å². The topological polar surface area (TPSA) is 25.8 Å². The van der Waals surface area contributed by atoms with Gasteiger partial charge in [0.25, 0.3) is 0 Å². The highest BCUT2D eigenvalue weighted by Crippen LogP contribution is 2.18. The van der Waals surface area contributed by atoms with Crippen molar-refractivity contribution in [1.82, 2.24) is 0 Å². The number of unbranched alkanes of at least 4 members (excludes halogenated alkanes) is 2. The molecule has 2 heteroatoms. The van der Waals surface area contributed by atoms with Gasteiger partial charge in [-0.25, -0.2) is 0 Å². The second-order valence-electron chi connectivity index (χ2n) is 5.04. The zero-order valence-corrected chi connectivity index (χ0v) is 12.2. The van der Waals surface area contributed by atoms with Crippen LogP contribution in [0, 0.1) is 13.8 Å².